The predicted octanol–water partition coefficient (Wildman–Crippen LogP) is 6.70. The van der Waals surface area contributed by atoms with Crippen molar-refractivity contribution in [2.45, 2.75) is 9.24 Å². The molecule has 208 valence electrons. The maximum atomic E-state index is 12.9. The van der Waals surface area contributed by atoms with Crippen LogP contribution in [0.1, 0.15) is 26.3 Å². The summed E-state index contributed by atoms with van der Waals surface area (Å²) in [6.45, 7) is 0. The Morgan fingerprint density at radius 3 is 2.35 bits per heavy atom. The molecule has 0 radical (unpaired) electrons. The number of hydrogen-bond acceptors (Lipinski definition) is 9. The molecule has 6 rings (SSSR count). The Bertz CT molecular complexity index is 2010. The number of rotatable bonds is 7. The molecule has 0 spiro atoms. The molecule has 12 heteroatoms. The average molecular weight is 604 g/mol. The number of carbonyl (C=O) groups is 3. The van der Waals surface area contributed by atoms with E-state index in [1.807, 2.05) is 6.07 Å². The third kappa shape index (κ3) is 5.38. The number of anilines is 2. The molecule has 5 aromatic rings. The van der Waals surface area contributed by atoms with E-state index in [0.29, 0.717) is 47.5 Å². The van der Waals surface area contributed by atoms with Crippen molar-refractivity contribution in [3.8, 4) is 6.07 Å². The molecule has 0 fully saturated rings. The second-order valence-electron chi connectivity index (χ2n) is 9.20. The fourth-order valence-electron chi connectivity index (χ4n) is 4.48. The molecule has 0 aliphatic carbocycles. The predicted molar refractivity (Wildman–Crippen MR) is 163 cm³/mol. The first kappa shape index (κ1) is 27.5. The van der Waals surface area contributed by atoms with E-state index >= 15 is 0 Å². The van der Waals surface area contributed by atoms with Crippen molar-refractivity contribution in [1.29, 1.82) is 5.26 Å². The fraction of sp³-hybridized carbons (Fsp3) is 0. The smallest absolute Gasteiger partial charge is 0.283 e. The molecule has 10 nitrogen and oxygen atoms in total. The Labute approximate surface area is 252 Å². The molecule has 3 amide bonds. The van der Waals surface area contributed by atoms with Gasteiger partial charge in [-0.15, -0.1) is 11.3 Å². The Kier molecular flexibility index (Phi) is 7.25. The van der Waals surface area contributed by atoms with Gasteiger partial charge < -0.3 is 5.32 Å². The largest absolute Gasteiger partial charge is 0.321 e. The fourth-order valence-corrected chi connectivity index (χ4v) is 6.62. The second kappa shape index (κ2) is 11.3. The van der Waals surface area contributed by atoms with E-state index in [4.69, 9.17) is 0 Å². The van der Waals surface area contributed by atoms with Crippen LogP contribution in [0.25, 0.3) is 16.3 Å². The van der Waals surface area contributed by atoms with Gasteiger partial charge >= 0.3 is 0 Å². The minimum atomic E-state index is -0.634. The number of nitrogens with one attached hydrogen (secondary N) is 1. The lowest BCUT2D eigenvalue weighted by atomic mass is 10.1. The molecule has 0 atom stereocenters. The lowest BCUT2D eigenvalue weighted by Gasteiger charge is -2.13. The number of benzene rings is 4. The lowest BCUT2D eigenvalue weighted by molar-refractivity contribution is -0.387. The van der Waals surface area contributed by atoms with Crippen molar-refractivity contribution >= 4 is 74.2 Å². The molecule has 1 N–H and O–H groups in total. The highest BCUT2D eigenvalue weighted by atomic mass is 32.2. The standard InChI is InChI=1S/C31H17N5O5S2/c32-17-19(28(37)33-20-6-2-1-3-7-20)14-18-10-13-26(25(15-18)36(40)41)42-31-34-24-12-11-21(16-27(24)43-31)35-29(38)22-8-4-5-9-23(22)30(35)39/h1-16H,(H,33,37)/b19-14+. The molecule has 2 heterocycles. The van der Waals surface area contributed by atoms with Crippen molar-refractivity contribution in [1.82, 2.24) is 4.98 Å². The average Bonchev–Trinajstić information content (AvgIpc) is 3.53. The Balaban J connectivity index is 1.25. The molecule has 43 heavy (non-hydrogen) atoms. The van der Waals surface area contributed by atoms with Gasteiger partial charge in [-0.1, -0.05) is 48.2 Å². The third-order valence-corrected chi connectivity index (χ3v) is 8.63. The van der Waals surface area contributed by atoms with E-state index in [2.05, 4.69) is 10.3 Å². The van der Waals surface area contributed by atoms with Gasteiger partial charge in [-0.2, -0.15) is 5.26 Å². The van der Waals surface area contributed by atoms with E-state index in [-0.39, 0.29) is 11.3 Å². The minimum absolute atomic E-state index is 0.210. The highest BCUT2D eigenvalue weighted by molar-refractivity contribution is 8.01. The van der Waals surface area contributed by atoms with Gasteiger partial charge in [0.1, 0.15) is 11.6 Å². The summed E-state index contributed by atoms with van der Waals surface area (Å²) in [6.07, 6.45) is 1.29. The van der Waals surface area contributed by atoms with E-state index in [0.717, 1.165) is 16.7 Å². The Morgan fingerprint density at radius 2 is 1.67 bits per heavy atom. The van der Waals surface area contributed by atoms with Gasteiger partial charge in [-0.3, -0.25) is 24.5 Å². The van der Waals surface area contributed by atoms with Gasteiger partial charge in [0.2, 0.25) is 0 Å². The molecule has 1 aliphatic rings. The summed E-state index contributed by atoms with van der Waals surface area (Å²) in [7, 11) is 0. The first-order valence-electron chi connectivity index (χ1n) is 12.7. The van der Waals surface area contributed by atoms with Gasteiger partial charge in [-0.25, -0.2) is 9.88 Å². The van der Waals surface area contributed by atoms with Crippen LogP contribution in [0.5, 0.6) is 0 Å². The molecule has 0 bridgehead atoms. The highest BCUT2D eigenvalue weighted by Crippen LogP contribution is 2.40. The summed E-state index contributed by atoms with van der Waals surface area (Å²) in [5.41, 5.74) is 2.10. The number of aromatic nitrogens is 1. The monoisotopic (exact) mass is 603 g/mol. The lowest BCUT2D eigenvalue weighted by Crippen LogP contribution is -2.29. The molecule has 1 aromatic heterocycles. The van der Waals surface area contributed by atoms with Crippen molar-refractivity contribution < 1.29 is 19.3 Å². The molecule has 1 aliphatic heterocycles. The van der Waals surface area contributed by atoms with Gasteiger partial charge in [0.25, 0.3) is 23.4 Å². The van der Waals surface area contributed by atoms with Crippen LogP contribution in [0.15, 0.2) is 106 Å². The molecule has 0 saturated carbocycles. The number of amides is 3. The van der Waals surface area contributed by atoms with Crippen LogP contribution in [-0.2, 0) is 4.79 Å². The number of nitrogens with zero attached hydrogens (tertiary/aromatic N) is 4. The zero-order chi connectivity index (χ0) is 30.1. The van der Waals surface area contributed by atoms with Crippen LogP contribution in [0, 0.1) is 21.4 Å². The Hall–Kier alpha value is -5.64. The number of hydrogen-bond donors (Lipinski definition) is 1. The van der Waals surface area contributed by atoms with Crippen LogP contribution in [0.3, 0.4) is 0 Å². The van der Waals surface area contributed by atoms with Gasteiger partial charge in [0.15, 0.2) is 4.34 Å². The molecule has 4 aromatic carbocycles. The number of fused-ring (bicyclic) bond motifs is 2. The van der Waals surface area contributed by atoms with E-state index in [1.54, 1.807) is 78.9 Å². The summed E-state index contributed by atoms with van der Waals surface area (Å²) in [4.78, 5) is 55.8. The third-order valence-electron chi connectivity index (χ3n) is 6.49. The number of thiazole rings is 1. The number of nitro groups is 1. The van der Waals surface area contributed by atoms with Crippen LogP contribution in [-0.4, -0.2) is 27.6 Å². The van der Waals surface area contributed by atoms with Crippen molar-refractivity contribution in [2.24, 2.45) is 0 Å². The second-order valence-corrected chi connectivity index (χ2v) is 11.5. The molecule has 0 saturated heterocycles. The van der Waals surface area contributed by atoms with Crippen LogP contribution >= 0.6 is 23.1 Å². The topological polar surface area (TPSA) is 146 Å². The van der Waals surface area contributed by atoms with Crippen LogP contribution in [0.2, 0.25) is 0 Å². The first-order valence-corrected chi connectivity index (χ1v) is 14.3. The summed E-state index contributed by atoms with van der Waals surface area (Å²) < 4.78 is 1.21. The van der Waals surface area contributed by atoms with Gasteiger partial charge in [0.05, 0.1) is 36.8 Å². The van der Waals surface area contributed by atoms with Gasteiger partial charge in [0, 0.05) is 11.8 Å². The highest BCUT2D eigenvalue weighted by Gasteiger charge is 2.36. The van der Waals surface area contributed by atoms with Gasteiger partial charge in [-0.05, 0) is 60.2 Å². The number of nitriles is 1. The SMILES string of the molecule is N#C/C(=C\c1ccc(Sc2nc3ccc(N4C(=O)c5ccccc5C4=O)cc3s2)c([N+](=O)[O-])c1)C(=O)Nc1ccccc1. The normalized spacial score (nSPS) is 12.7. The summed E-state index contributed by atoms with van der Waals surface area (Å²) in [6, 6.07) is 26.6. The summed E-state index contributed by atoms with van der Waals surface area (Å²) >= 11 is 2.36. The number of carbonyl (C=O) groups excluding carboxylic acids is 3. The zero-order valence-electron chi connectivity index (χ0n) is 21.9. The van der Waals surface area contributed by atoms with Crippen molar-refractivity contribution in [2.75, 3.05) is 10.2 Å². The number of nitro benzene ring substituents is 1. The van der Waals surface area contributed by atoms with E-state index in [9.17, 15) is 29.8 Å². The first-order chi connectivity index (χ1) is 20.8. The summed E-state index contributed by atoms with van der Waals surface area (Å²) in [5.74, 6) is -1.44. The Morgan fingerprint density at radius 1 is 0.977 bits per heavy atom. The number of para-hydroxylation sites is 1. The van der Waals surface area contributed by atoms with E-state index in [1.165, 1.54) is 29.5 Å². The maximum Gasteiger partial charge on any atom is 0.283 e. The minimum Gasteiger partial charge on any atom is -0.321 e. The van der Waals surface area contributed by atoms with Crippen molar-refractivity contribution in [3.63, 3.8) is 0 Å². The van der Waals surface area contributed by atoms with Crippen LogP contribution in [0.4, 0.5) is 17.1 Å². The molecule has 0 unspecified atom stereocenters. The quantitative estimate of drug-likeness (QED) is 0.0711. The maximum absolute atomic E-state index is 12.9. The number of imide groups is 1. The summed E-state index contributed by atoms with van der Waals surface area (Å²) in [5, 5.41) is 24.1. The zero-order valence-corrected chi connectivity index (χ0v) is 23.5. The van der Waals surface area contributed by atoms with Crippen molar-refractivity contribution in [3.05, 3.63) is 123 Å². The molecular formula is C31H17N5O5S2. The van der Waals surface area contributed by atoms with E-state index < -0.39 is 22.6 Å². The van der Waals surface area contributed by atoms with Crippen LogP contribution < -0.4 is 10.2 Å². The molecular weight excluding hydrogens is 587 g/mol.